The number of likely N-dealkylation sites (tertiary alicyclic amines) is 1. The molecule has 1 saturated heterocycles. The highest BCUT2D eigenvalue weighted by Crippen LogP contribution is 2.19. The van der Waals surface area contributed by atoms with Crippen LogP contribution in [0.15, 0.2) is 9.00 Å². The van der Waals surface area contributed by atoms with Crippen molar-refractivity contribution < 1.29 is 18.0 Å². The highest BCUT2D eigenvalue weighted by molar-refractivity contribution is 7.91. The van der Waals surface area contributed by atoms with E-state index >= 15 is 0 Å². The summed E-state index contributed by atoms with van der Waals surface area (Å²) in [6.45, 7) is 1.44. The number of aryl methyl sites for hydroxylation is 1. The topological polar surface area (TPSA) is 116 Å². The number of nitrogens with zero attached hydrogens (tertiary/aromatic N) is 1. The van der Waals surface area contributed by atoms with Crippen molar-refractivity contribution in [3.8, 4) is 0 Å². The molecule has 0 aliphatic carbocycles. The second-order valence-electron chi connectivity index (χ2n) is 4.10. The summed E-state index contributed by atoms with van der Waals surface area (Å²) in [5.41, 5.74) is 0.202. The molecule has 0 spiro atoms. The number of H-pyrrole nitrogens is 1. The van der Waals surface area contributed by atoms with Crippen LogP contribution in [0.1, 0.15) is 12.1 Å². The highest BCUT2D eigenvalue weighted by atomic mass is 32.2. The average Bonchev–Trinajstić information content (AvgIpc) is 2.75. The van der Waals surface area contributed by atoms with Crippen LogP contribution in [0.25, 0.3) is 0 Å². The summed E-state index contributed by atoms with van der Waals surface area (Å²) in [5, 5.41) is 0. The van der Waals surface area contributed by atoms with Crippen molar-refractivity contribution in [1.82, 2.24) is 14.6 Å². The Morgan fingerprint density at radius 3 is 2.42 bits per heavy atom. The van der Waals surface area contributed by atoms with Gasteiger partial charge in [-0.1, -0.05) is 11.3 Å². The standard InChI is InChI=1S/C9H11N3O5S2/c1-4-8(18-9(15)10-4)19(16,17)11-5-3-6(13)12(2)7(5)14/h5,11H,3H2,1-2H3,(H,10,15). The van der Waals surface area contributed by atoms with E-state index in [4.69, 9.17) is 0 Å². The first-order valence-corrected chi connectivity index (χ1v) is 7.55. The predicted molar refractivity (Wildman–Crippen MR) is 66.2 cm³/mol. The molecule has 0 bridgehead atoms. The summed E-state index contributed by atoms with van der Waals surface area (Å²) in [7, 11) is -2.71. The number of amides is 2. The first-order chi connectivity index (χ1) is 8.72. The van der Waals surface area contributed by atoms with Crippen LogP contribution >= 0.6 is 11.3 Å². The number of nitrogens with one attached hydrogen (secondary N) is 2. The molecule has 19 heavy (non-hydrogen) atoms. The van der Waals surface area contributed by atoms with Crippen LogP contribution in [-0.2, 0) is 19.6 Å². The smallest absolute Gasteiger partial charge is 0.305 e. The van der Waals surface area contributed by atoms with Crippen LogP contribution in [0.5, 0.6) is 0 Å². The fourth-order valence-electron chi connectivity index (χ4n) is 1.74. The minimum absolute atomic E-state index is 0.174. The van der Waals surface area contributed by atoms with Crippen LogP contribution in [0.2, 0.25) is 0 Å². The zero-order valence-electron chi connectivity index (χ0n) is 10.1. The van der Waals surface area contributed by atoms with Gasteiger partial charge in [0.1, 0.15) is 6.04 Å². The number of imide groups is 1. The Bertz CT molecular complexity index is 702. The summed E-state index contributed by atoms with van der Waals surface area (Å²) in [5.74, 6) is -1.05. The summed E-state index contributed by atoms with van der Waals surface area (Å²) in [6.07, 6.45) is -0.215. The van der Waals surface area contributed by atoms with Crippen molar-refractivity contribution in [1.29, 1.82) is 0 Å². The van der Waals surface area contributed by atoms with Gasteiger partial charge in [0, 0.05) is 12.7 Å². The first kappa shape index (κ1) is 13.9. The van der Waals surface area contributed by atoms with Crippen molar-refractivity contribution in [2.75, 3.05) is 7.05 Å². The van der Waals surface area contributed by atoms with Gasteiger partial charge in [0.2, 0.25) is 11.8 Å². The first-order valence-electron chi connectivity index (χ1n) is 5.25. The number of carbonyl (C=O) groups excluding carboxylic acids is 2. The van der Waals surface area contributed by atoms with E-state index in [1.165, 1.54) is 14.0 Å². The van der Waals surface area contributed by atoms with Crippen molar-refractivity contribution in [2.45, 2.75) is 23.6 Å². The van der Waals surface area contributed by atoms with Gasteiger partial charge >= 0.3 is 4.87 Å². The molecule has 0 saturated carbocycles. The fraction of sp³-hybridized carbons (Fsp3) is 0.444. The molecule has 8 nitrogen and oxygen atoms in total. The molecule has 2 heterocycles. The normalized spacial score (nSPS) is 20.3. The third-order valence-electron chi connectivity index (χ3n) is 2.70. The van der Waals surface area contributed by atoms with Crippen molar-refractivity contribution >= 4 is 33.2 Å². The number of aromatic amines is 1. The SMILES string of the molecule is Cc1[nH]c(=O)sc1S(=O)(=O)NC1CC(=O)N(C)C1=O. The molecule has 2 amide bonds. The molecule has 1 fully saturated rings. The maximum absolute atomic E-state index is 12.0. The van der Waals surface area contributed by atoms with E-state index in [0.29, 0.717) is 11.3 Å². The lowest BCUT2D eigenvalue weighted by atomic mass is 10.3. The quantitative estimate of drug-likeness (QED) is 0.679. The lowest BCUT2D eigenvalue weighted by Gasteiger charge is -2.10. The molecular formula is C9H11N3O5S2. The van der Waals surface area contributed by atoms with Gasteiger partial charge in [-0.15, -0.1) is 0 Å². The molecule has 0 aromatic carbocycles. The van der Waals surface area contributed by atoms with Gasteiger partial charge in [0.05, 0.1) is 6.42 Å². The molecule has 2 N–H and O–H groups in total. The third kappa shape index (κ3) is 2.46. The minimum atomic E-state index is -4.00. The average molecular weight is 305 g/mol. The van der Waals surface area contributed by atoms with Crippen LogP contribution in [0, 0.1) is 6.92 Å². The van der Waals surface area contributed by atoms with E-state index < -0.39 is 32.8 Å². The molecule has 104 valence electrons. The number of hydrogen-bond acceptors (Lipinski definition) is 6. The second-order valence-corrected chi connectivity index (χ2v) is 6.99. The summed E-state index contributed by atoms with van der Waals surface area (Å²) >= 11 is 0.536. The van der Waals surface area contributed by atoms with Crippen LogP contribution in [0.3, 0.4) is 0 Å². The molecule has 1 aliphatic heterocycles. The monoisotopic (exact) mass is 305 g/mol. The Morgan fingerprint density at radius 2 is 2.00 bits per heavy atom. The number of sulfonamides is 1. The number of thiazole rings is 1. The van der Waals surface area contributed by atoms with Crippen molar-refractivity contribution in [3.63, 3.8) is 0 Å². The molecule has 0 radical (unpaired) electrons. The Labute approximate surface area is 112 Å². The Hall–Kier alpha value is -1.52. The second kappa shape index (κ2) is 4.54. The van der Waals surface area contributed by atoms with Gasteiger partial charge in [0.15, 0.2) is 4.21 Å². The Kier molecular flexibility index (Phi) is 3.32. The lowest BCUT2D eigenvalue weighted by Crippen LogP contribution is -2.40. The van der Waals surface area contributed by atoms with E-state index in [2.05, 4.69) is 9.71 Å². The van der Waals surface area contributed by atoms with Gasteiger partial charge in [-0.2, -0.15) is 4.72 Å². The highest BCUT2D eigenvalue weighted by Gasteiger charge is 2.39. The molecule has 1 atom stereocenters. The molecule has 1 aliphatic rings. The number of hydrogen-bond donors (Lipinski definition) is 2. The minimum Gasteiger partial charge on any atom is -0.315 e. The van der Waals surface area contributed by atoms with Crippen molar-refractivity contribution in [2.24, 2.45) is 0 Å². The molecule has 1 aromatic rings. The van der Waals surface area contributed by atoms with Crippen LogP contribution in [0.4, 0.5) is 0 Å². The van der Waals surface area contributed by atoms with E-state index in [0.717, 1.165) is 4.90 Å². The van der Waals surface area contributed by atoms with Gasteiger partial charge < -0.3 is 4.98 Å². The Balaban J connectivity index is 2.29. The number of aromatic nitrogens is 1. The van der Waals surface area contributed by atoms with Gasteiger partial charge in [-0.25, -0.2) is 8.42 Å². The van der Waals surface area contributed by atoms with Gasteiger partial charge in [-0.05, 0) is 6.92 Å². The van der Waals surface area contributed by atoms with Crippen LogP contribution in [-0.4, -0.2) is 43.2 Å². The number of carbonyl (C=O) groups is 2. The predicted octanol–water partition coefficient (Wildman–Crippen LogP) is -1.22. The number of likely N-dealkylation sites (N-methyl/N-ethyl adjacent to an activating group) is 1. The van der Waals surface area contributed by atoms with Crippen LogP contribution < -0.4 is 9.60 Å². The maximum Gasteiger partial charge on any atom is 0.305 e. The molecular weight excluding hydrogens is 294 g/mol. The fourth-order valence-corrected chi connectivity index (χ4v) is 4.24. The summed E-state index contributed by atoms with van der Waals surface area (Å²) in [4.78, 5) is 36.8. The van der Waals surface area contributed by atoms with E-state index in [-0.39, 0.29) is 16.3 Å². The third-order valence-corrected chi connectivity index (χ3v) is 5.78. The molecule has 1 aromatic heterocycles. The van der Waals surface area contributed by atoms with E-state index in [1.54, 1.807) is 0 Å². The molecule has 10 heteroatoms. The van der Waals surface area contributed by atoms with E-state index in [1.807, 2.05) is 0 Å². The lowest BCUT2D eigenvalue weighted by molar-refractivity contribution is -0.137. The largest absolute Gasteiger partial charge is 0.315 e. The number of rotatable bonds is 3. The maximum atomic E-state index is 12.0. The molecule has 2 rings (SSSR count). The van der Waals surface area contributed by atoms with Gasteiger partial charge in [-0.3, -0.25) is 19.3 Å². The van der Waals surface area contributed by atoms with Gasteiger partial charge in [0.25, 0.3) is 10.0 Å². The van der Waals surface area contributed by atoms with E-state index in [9.17, 15) is 22.8 Å². The zero-order valence-corrected chi connectivity index (χ0v) is 11.7. The Morgan fingerprint density at radius 1 is 1.37 bits per heavy atom. The zero-order chi connectivity index (χ0) is 14.4. The summed E-state index contributed by atoms with van der Waals surface area (Å²) < 4.78 is 26.1. The summed E-state index contributed by atoms with van der Waals surface area (Å²) in [6, 6.07) is -1.11. The molecule has 1 unspecified atom stereocenters. The van der Waals surface area contributed by atoms with Crippen molar-refractivity contribution in [3.05, 3.63) is 15.4 Å².